The molecule has 4 rings (SSSR count). The van der Waals surface area contributed by atoms with Crippen molar-refractivity contribution in [1.29, 1.82) is 0 Å². The first kappa shape index (κ1) is 23.3. The van der Waals surface area contributed by atoms with Crippen LogP contribution in [0.2, 0.25) is 5.02 Å². The summed E-state index contributed by atoms with van der Waals surface area (Å²) in [7, 11) is 0. The van der Waals surface area contributed by atoms with Crippen LogP contribution in [0, 0.1) is 17.8 Å². The van der Waals surface area contributed by atoms with Gasteiger partial charge in [-0.3, -0.25) is 4.90 Å². The average Bonchev–Trinajstić information content (AvgIpc) is 2.84. The summed E-state index contributed by atoms with van der Waals surface area (Å²) in [5.74, 6) is 7.27. The molecule has 0 N–H and O–H groups in total. The Bertz CT molecular complexity index is 1140. The van der Waals surface area contributed by atoms with Crippen LogP contribution >= 0.6 is 11.6 Å². The molecule has 1 aromatic heterocycles. The van der Waals surface area contributed by atoms with Gasteiger partial charge in [-0.2, -0.15) is 0 Å². The maximum absolute atomic E-state index is 5.97. The highest BCUT2D eigenvalue weighted by atomic mass is 35.5. The lowest BCUT2D eigenvalue weighted by Gasteiger charge is -2.34. The number of hydrogen-bond acceptors (Lipinski definition) is 2. The second kappa shape index (κ2) is 10.8. The fourth-order valence-electron chi connectivity index (χ4n) is 4.23. The van der Waals surface area contributed by atoms with Crippen molar-refractivity contribution in [3.05, 3.63) is 94.8 Å². The Morgan fingerprint density at radius 1 is 0.970 bits per heavy atom. The number of allylic oxidation sites excluding steroid dienone is 1. The van der Waals surface area contributed by atoms with Gasteiger partial charge in [0.15, 0.2) is 0 Å². The molecule has 2 heterocycles. The Morgan fingerprint density at radius 2 is 1.64 bits per heavy atom. The number of nitrogens with zero attached hydrogens (tertiary/aromatic N) is 2. The van der Waals surface area contributed by atoms with E-state index in [1.807, 2.05) is 42.6 Å². The van der Waals surface area contributed by atoms with Crippen molar-refractivity contribution in [3.63, 3.8) is 0 Å². The van der Waals surface area contributed by atoms with Crippen molar-refractivity contribution in [1.82, 2.24) is 9.88 Å². The molecule has 0 radical (unpaired) electrons. The van der Waals surface area contributed by atoms with E-state index >= 15 is 0 Å². The van der Waals surface area contributed by atoms with Gasteiger partial charge < -0.3 is 0 Å². The molecule has 0 aliphatic carbocycles. The van der Waals surface area contributed by atoms with Gasteiger partial charge in [0.25, 0.3) is 0 Å². The first-order chi connectivity index (χ1) is 16.0. The van der Waals surface area contributed by atoms with E-state index in [1.54, 1.807) is 0 Å². The molecule has 0 saturated carbocycles. The van der Waals surface area contributed by atoms with E-state index in [9.17, 15) is 0 Å². The minimum Gasteiger partial charge on any atom is -0.297 e. The van der Waals surface area contributed by atoms with Gasteiger partial charge in [0.1, 0.15) is 5.69 Å². The van der Waals surface area contributed by atoms with Crippen molar-refractivity contribution in [2.45, 2.75) is 39.7 Å². The zero-order valence-corrected chi connectivity index (χ0v) is 20.4. The van der Waals surface area contributed by atoms with Gasteiger partial charge in [-0.25, -0.2) is 4.98 Å². The van der Waals surface area contributed by atoms with E-state index in [0.717, 1.165) is 33.3 Å². The maximum atomic E-state index is 5.97. The van der Waals surface area contributed by atoms with E-state index < -0.39 is 0 Å². The molecule has 0 unspecified atom stereocenters. The number of piperidine rings is 1. The average molecular weight is 455 g/mol. The highest BCUT2D eigenvalue weighted by Crippen LogP contribution is 2.22. The van der Waals surface area contributed by atoms with Crippen LogP contribution in [-0.2, 0) is 0 Å². The van der Waals surface area contributed by atoms with Gasteiger partial charge in [-0.1, -0.05) is 60.9 Å². The molecule has 0 spiro atoms. The lowest BCUT2D eigenvalue weighted by atomic mass is 9.97. The topological polar surface area (TPSA) is 16.1 Å². The van der Waals surface area contributed by atoms with Crippen LogP contribution in [0.4, 0.5) is 0 Å². The molecule has 1 atom stereocenters. The van der Waals surface area contributed by atoms with Gasteiger partial charge in [0, 0.05) is 28.4 Å². The summed E-state index contributed by atoms with van der Waals surface area (Å²) < 4.78 is 0. The summed E-state index contributed by atoms with van der Waals surface area (Å²) in [6, 6.07) is 20.8. The Balaban J connectivity index is 1.39. The number of likely N-dealkylation sites (tertiary alicyclic amines) is 1. The highest BCUT2D eigenvalue weighted by Gasteiger charge is 2.19. The Kier molecular flexibility index (Phi) is 7.65. The zero-order valence-electron chi connectivity index (χ0n) is 19.7. The number of benzene rings is 2. The SMILES string of the molecule is C/C(=C\[C@@H](C)N1CCC(C)CC1)c1ccc(C#Cc2ccc(-c3ccc(Cl)cc3)cn2)cc1. The van der Waals surface area contributed by atoms with Gasteiger partial charge in [-0.15, -0.1) is 0 Å². The van der Waals surface area contributed by atoms with Gasteiger partial charge in [0.2, 0.25) is 0 Å². The van der Waals surface area contributed by atoms with Crippen LogP contribution in [0.15, 0.2) is 72.9 Å². The molecule has 1 aliphatic rings. The molecule has 168 valence electrons. The van der Waals surface area contributed by atoms with E-state index in [0.29, 0.717) is 6.04 Å². The number of pyridine rings is 1. The van der Waals surface area contributed by atoms with Crippen LogP contribution in [0.5, 0.6) is 0 Å². The van der Waals surface area contributed by atoms with E-state index in [2.05, 4.69) is 72.8 Å². The molecule has 1 aliphatic heterocycles. The van der Waals surface area contributed by atoms with Crippen molar-refractivity contribution in [3.8, 4) is 23.0 Å². The third-order valence-electron chi connectivity index (χ3n) is 6.50. The fraction of sp³-hybridized carbons (Fsp3) is 0.300. The molecule has 2 aromatic carbocycles. The van der Waals surface area contributed by atoms with Gasteiger partial charge >= 0.3 is 0 Å². The Labute approximate surface area is 203 Å². The van der Waals surface area contributed by atoms with Gasteiger partial charge in [-0.05, 0) is 98.6 Å². The monoisotopic (exact) mass is 454 g/mol. The van der Waals surface area contributed by atoms with Crippen molar-refractivity contribution in [2.24, 2.45) is 5.92 Å². The first-order valence-corrected chi connectivity index (χ1v) is 12.1. The molecule has 2 nitrogen and oxygen atoms in total. The smallest absolute Gasteiger partial charge is 0.113 e. The first-order valence-electron chi connectivity index (χ1n) is 11.7. The summed E-state index contributed by atoms with van der Waals surface area (Å²) in [6.45, 7) is 9.28. The van der Waals surface area contributed by atoms with Crippen LogP contribution < -0.4 is 0 Å². The number of rotatable bonds is 4. The minimum atomic E-state index is 0.471. The van der Waals surface area contributed by atoms with Crippen LogP contribution in [0.3, 0.4) is 0 Å². The Morgan fingerprint density at radius 3 is 2.27 bits per heavy atom. The minimum absolute atomic E-state index is 0.471. The van der Waals surface area contributed by atoms with Crippen molar-refractivity contribution < 1.29 is 0 Å². The molecule has 0 bridgehead atoms. The predicted octanol–water partition coefficient (Wildman–Crippen LogP) is 7.33. The maximum Gasteiger partial charge on any atom is 0.113 e. The van der Waals surface area contributed by atoms with E-state index in [1.165, 1.54) is 37.1 Å². The normalized spacial score (nSPS) is 16.2. The third kappa shape index (κ3) is 6.35. The van der Waals surface area contributed by atoms with E-state index in [-0.39, 0.29) is 0 Å². The lowest BCUT2D eigenvalue weighted by molar-refractivity contribution is 0.169. The Hall–Kier alpha value is -2.86. The summed E-state index contributed by atoms with van der Waals surface area (Å²) in [6.07, 6.45) is 6.87. The molecule has 3 heteroatoms. The number of aromatic nitrogens is 1. The van der Waals surface area contributed by atoms with Crippen LogP contribution in [0.1, 0.15) is 50.4 Å². The molecule has 1 fully saturated rings. The summed E-state index contributed by atoms with van der Waals surface area (Å²) in [5.41, 5.74) is 6.47. The summed E-state index contributed by atoms with van der Waals surface area (Å²) in [4.78, 5) is 7.09. The largest absolute Gasteiger partial charge is 0.297 e. The van der Waals surface area contributed by atoms with E-state index in [4.69, 9.17) is 11.6 Å². The third-order valence-corrected chi connectivity index (χ3v) is 6.75. The summed E-state index contributed by atoms with van der Waals surface area (Å²) in [5, 5.41) is 0.733. The van der Waals surface area contributed by atoms with Crippen LogP contribution in [-0.4, -0.2) is 29.0 Å². The lowest BCUT2D eigenvalue weighted by Crippen LogP contribution is -2.38. The standard InChI is InChI=1S/C30H31ClN2/c1-22-16-18-33(19-17-22)24(3)20-23(2)26-7-4-25(5-8-26)6-14-30-15-11-28(21-32-30)27-9-12-29(31)13-10-27/h4-5,7-13,15,20-22,24H,16-19H2,1-3H3/b23-20+/t24-/m1/s1. The molecule has 1 saturated heterocycles. The molecule has 3 aromatic rings. The van der Waals surface area contributed by atoms with Crippen molar-refractivity contribution in [2.75, 3.05) is 13.1 Å². The van der Waals surface area contributed by atoms with Crippen molar-refractivity contribution >= 4 is 17.2 Å². The predicted molar refractivity (Wildman–Crippen MR) is 140 cm³/mol. The molecular weight excluding hydrogens is 424 g/mol. The molecule has 0 amide bonds. The fourth-order valence-corrected chi connectivity index (χ4v) is 4.36. The highest BCUT2D eigenvalue weighted by molar-refractivity contribution is 6.30. The zero-order chi connectivity index (χ0) is 23.2. The van der Waals surface area contributed by atoms with Gasteiger partial charge in [0.05, 0.1) is 0 Å². The molecule has 33 heavy (non-hydrogen) atoms. The second-order valence-electron chi connectivity index (χ2n) is 9.08. The number of halogens is 1. The van der Waals surface area contributed by atoms with Crippen LogP contribution in [0.25, 0.3) is 16.7 Å². The molecular formula is C30H31ClN2. The number of hydrogen-bond donors (Lipinski definition) is 0. The summed E-state index contributed by atoms with van der Waals surface area (Å²) >= 11 is 5.97. The quantitative estimate of drug-likeness (QED) is 0.384. The second-order valence-corrected chi connectivity index (χ2v) is 9.51.